The zero-order valence-corrected chi connectivity index (χ0v) is 12.4. The second-order valence-electron chi connectivity index (χ2n) is 6.15. The normalized spacial score (nSPS) is 20.2. The highest BCUT2D eigenvalue weighted by atomic mass is 16.2. The number of rotatable bonds is 3. The molecule has 0 aromatic rings. The smallest absolute Gasteiger partial charge is 0.223 e. The number of hydrogen-bond donors (Lipinski definition) is 0. The van der Waals surface area contributed by atoms with Crippen LogP contribution in [0, 0.1) is 17.8 Å². The van der Waals surface area contributed by atoms with Gasteiger partial charge in [0.05, 0.1) is 6.54 Å². The van der Waals surface area contributed by atoms with Gasteiger partial charge in [0.1, 0.15) is 0 Å². The number of carbonyl (C=O) groups is 1. The van der Waals surface area contributed by atoms with Gasteiger partial charge >= 0.3 is 0 Å². The molecule has 0 bridgehead atoms. The summed E-state index contributed by atoms with van der Waals surface area (Å²) in [5.41, 5.74) is -0.0492. The molecule has 3 heteroatoms. The van der Waals surface area contributed by atoms with Crippen molar-refractivity contribution in [1.29, 1.82) is 0 Å². The summed E-state index contributed by atoms with van der Waals surface area (Å²) >= 11 is 0. The molecule has 0 radical (unpaired) electrons. The highest BCUT2D eigenvalue weighted by Gasteiger charge is 2.36. The lowest BCUT2D eigenvalue weighted by molar-refractivity contribution is -0.131. The van der Waals surface area contributed by atoms with Crippen molar-refractivity contribution in [3.8, 4) is 11.8 Å². The van der Waals surface area contributed by atoms with Gasteiger partial charge in [-0.3, -0.25) is 9.69 Å². The van der Waals surface area contributed by atoms with Crippen molar-refractivity contribution in [2.24, 2.45) is 5.92 Å². The SMILES string of the molecule is CCC#CCN(C)CC1CC(=O)N(C(C)(C)C)C1. The first-order valence-electron chi connectivity index (χ1n) is 6.79. The summed E-state index contributed by atoms with van der Waals surface area (Å²) < 4.78 is 0. The van der Waals surface area contributed by atoms with Gasteiger partial charge in [0.25, 0.3) is 0 Å². The first kappa shape index (κ1) is 15.0. The van der Waals surface area contributed by atoms with Crippen LogP contribution in [0.25, 0.3) is 0 Å². The van der Waals surface area contributed by atoms with Crippen LogP contribution in [0.3, 0.4) is 0 Å². The molecular weight excluding hydrogens is 224 g/mol. The number of amides is 1. The van der Waals surface area contributed by atoms with Crippen molar-refractivity contribution < 1.29 is 4.79 Å². The molecule has 1 saturated heterocycles. The molecule has 3 nitrogen and oxygen atoms in total. The predicted octanol–water partition coefficient (Wildman–Crippen LogP) is 1.98. The van der Waals surface area contributed by atoms with E-state index in [-0.39, 0.29) is 5.54 Å². The Labute approximate surface area is 112 Å². The van der Waals surface area contributed by atoms with E-state index in [4.69, 9.17) is 0 Å². The van der Waals surface area contributed by atoms with Crippen molar-refractivity contribution in [2.45, 2.75) is 46.1 Å². The molecule has 102 valence electrons. The molecule has 0 spiro atoms. The Hall–Kier alpha value is -1.01. The summed E-state index contributed by atoms with van der Waals surface area (Å²) in [6.45, 7) is 11.0. The van der Waals surface area contributed by atoms with Gasteiger partial charge < -0.3 is 4.90 Å². The lowest BCUT2D eigenvalue weighted by Gasteiger charge is -2.32. The van der Waals surface area contributed by atoms with E-state index in [1.165, 1.54) is 0 Å². The molecule has 1 rings (SSSR count). The van der Waals surface area contributed by atoms with E-state index < -0.39 is 0 Å². The van der Waals surface area contributed by atoms with Crippen LogP contribution in [0.1, 0.15) is 40.5 Å². The molecular formula is C15H26N2O. The maximum atomic E-state index is 12.0. The summed E-state index contributed by atoms with van der Waals surface area (Å²) in [4.78, 5) is 16.2. The molecule has 0 saturated carbocycles. The van der Waals surface area contributed by atoms with Crippen LogP contribution in [-0.2, 0) is 4.79 Å². The monoisotopic (exact) mass is 250 g/mol. The Morgan fingerprint density at radius 3 is 2.56 bits per heavy atom. The van der Waals surface area contributed by atoms with E-state index in [2.05, 4.69) is 51.5 Å². The molecule has 1 aliphatic heterocycles. The maximum Gasteiger partial charge on any atom is 0.223 e. The predicted molar refractivity (Wildman–Crippen MR) is 75.1 cm³/mol. The summed E-state index contributed by atoms with van der Waals surface area (Å²) in [5.74, 6) is 6.96. The van der Waals surface area contributed by atoms with Crippen LogP contribution in [-0.4, -0.2) is 47.9 Å². The minimum Gasteiger partial charge on any atom is -0.338 e. The van der Waals surface area contributed by atoms with Crippen LogP contribution in [0.2, 0.25) is 0 Å². The van der Waals surface area contributed by atoms with Gasteiger partial charge in [-0.2, -0.15) is 0 Å². The highest BCUT2D eigenvalue weighted by Crippen LogP contribution is 2.25. The number of hydrogen-bond acceptors (Lipinski definition) is 2. The van der Waals surface area contributed by atoms with Gasteiger partial charge in [0, 0.05) is 31.5 Å². The van der Waals surface area contributed by atoms with Gasteiger partial charge in [0.2, 0.25) is 5.91 Å². The lowest BCUT2D eigenvalue weighted by Crippen LogP contribution is -2.42. The first-order chi connectivity index (χ1) is 8.34. The highest BCUT2D eigenvalue weighted by molar-refractivity contribution is 5.79. The quantitative estimate of drug-likeness (QED) is 0.715. The largest absolute Gasteiger partial charge is 0.338 e. The summed E-state index contributed by atoms with van der Waals surface area (Å²) in [5, 5.41) is 0. The summed E-state index contributed by atoms with van der Waals surface area (Å²) in [7, 11) is 2.08. The maximum absolute atomic E-state index is 12.0. The van der Waals surface area contributed by atoms with E-state index in [1.807, 2.05) is 4.90 Å². The third-order valence-electron chi connectivity index (χ3n) is 3.24. The molecule has 0 N–H and O–H groups in total. The Morgan fingerprint density at radius 2 is 2.06 bits per heavy atom. The number of likely N-dealkylation sites (tertiary alicyclic amines) is 1. The van der Waals surface area contributed by atoms with Crippen molar-refractivity contribution in [3.05, 3.63) is 0 Å². The Bertz CT molecular complexity index is 346. The van der Waals surface area contributed by atoms with Gasteiger partial charge in [-0.1, -0.05) is 12.8 Å². The van der Waals surface area contributed by atoms with E-state index in [1.54, 1.807) is 0 Å². The fourth-order valence-electron chi connectivity index (χ4n) is 2.37. The molecule has 0 aliphatic carbocycles. The van der Waals surface area contributed by atoms with Gasteiger partial charge in [0.15, 0.2) is 0 Å². The van der Waals surface area contributed by atoms with Crippen molar-refractivity contribution in [3.63, 3.8) is 0 Å². The van der Waals surface area contributed by atoms with Crippen LogP contribution in [0.4, 0.5) is 0 Å². The van der Waals surface area contributed by atoms with Gasteiger partial charge in [-0.05, 0) is 33.7 Å². The minimum absolute atomic E-state index is 0.0492. The molecule has 1 atom stereocenters. The summed E-state index contributed by atoms with van der Waals surface area (Å²) in [6, 6.07) is 0. The van der Waals surface area contributed by atoms with E-state index in [0.717, 1.165) is 26.1 Å². The van der Waals surface area contributed by atoms with Gasteiger partial charge in [-0.25, -0.2) is 0 Å². The molecule has 18 heavy (non-hydrogen) atoms. The van der Waals surface area contributed by atoms with Crippen molar-refractivity contribution in [2.75, 3.05) is 26.7 Å². The molecule has 1 fully saturated rings. The Balaban J connectivity index is 2.44. The lowest BCUT2D eigenvalue weighted by atomic mass is 10.1. The summed E-state index contributed by atoms with van der Waals surface area (Å²) in [6.07, 6.45) is 1.59. The van der Waals surface area contributed by atoms with Crippen molar-refractivity contribution in [1.82, 2.24) is 9.80 Å². The van der Waals surface area contributed by atoms with Gasteiger partial charge in [-0.15, -0.1) is 5.92 Å². The van der Waals surface area contributed by atoms with E-state index >= 15 is 0 Å². The molecule has 1 heterocycles. The third-order valence-corrected chi connectivity index (χ3v) is 3.24. The molecule has 0 aromatic carbocycles. The second kappa shape index (κ2) is 6.24. The zero-order chi connectivity index (χ0) is 13.8. The minimum atomic E-state index is -0.0492. The Kier molecular flexibility index (Phi) is 5.22. The van der Waals surface area contributed by atoms with Crippen LogP contribution >= 0.6 is 0 Å². The molecule has 1 aliphatic rings. The van der Waals surface area contributed by atoms with Crippen LogP contribution in [0.5, 0.6) is 0 Å². The zero-order valence-electron chi connectivity index (χ0n) is 12.4. The molecule has 1 amide bonds. The van der Waals surface area contributed by atoms with E-state index in [0.29, 0.717) is 18.2 Å². The Morgan fingerprint density at radius 1 is 1.39 bits per heavy atom. The molecule has 1 unspecified atom stereocenters. The van der Waals surface area contributed by atoms with Crippen molar-refractivity contribution >= 4 is 5.91 Å². The number of carbonyl (C=O) groups excluding carboxylic acids is 1. The molecule has 0 aromatic heterocycles. The fourth-order valence-corrected chi connectivity index (χ4v) is 2.37. The second-order valence-corrected chi connectivity index (χ2v) is 6.15. The third kappa shape index (κ3) is 4.34. The topological polar surface area (TPSA) is 23.6 Å². The first-order valence-corrected chi connectivity index (χ1v) is 6.79. The van der Waals surface area contributed by atoms with Crippen LogP contribution < -0.4 is 0 Å². The fraction of sp³-hybridized carbons (Fsp3) is 0.800. The number of nitrogens with zero attached hydrogens (tertiary/aromatic N) is 2. The standard InChI is InChI=1S/C15H26N2O/c1-6-7-8-9-16(5)11-13-10-14(18)17(12-13)15(2,3)4/h13H,6,9-12H2,1-5H3. The van der Waals surface area contributed by atoms with Crippen LogP contribution in [0.15, 0.2) is 0 Å². The van der Waals surface area contributed by atoms with E-state index in [9.17, 15) is 4.79 Å². The average molecular weight is 250 g/mol. The average Bonchev–Trinajstić information content (AvgIpc) is 2.59.